The summed E-state index contributed by atoms with van der Waals surface area (Å²) in [6.07, 6.45) is 0.287. The van der Waals surface area contributed by atoms with Gasteiger partial charge in [-0.3, -0.25) is 4.79 Å². The van der Waals surface area contributed by atoms with Crippen molar-refractivity contribution in [3.8, 4) is 0 Å². The van der Waals surface area contributed by atoms with E-state index in [1.807, 2.05) is 0 Å². The summed E-state index contributed by atoms with van der Waals surface area (Å²) in [6, 6.07) is 6.14. The average Bonchev–Trinajstić information content (AvgIpc) is 2.76. The fourth-order valence-electron chi connectivity index (χ4n) is 1.46. The first-order valence-corrected chi connectivity index (χ1v) is 5.30. The zero-order valence-electron chi connectivity index (χ0n) is 9.72. The predicted octanol–water partition coefficient (Wildman–Crippen LogP) is 1.51. The number of halogens is 1. The van der Waals surface area contributed by atoms with Gasteiger partial charge in [0.1, 0.15) is 12.2 Å². The molecule has 94 valence electrons. The van der Waals surface area contributed by atoms with E-state index in [-0.39, 0.29) is 18.1 Å². The highest BCUT2D eigenvalue weighted by Crippen LogP contribution is 2.09. The monoisotopic (exact) mass is 250 g/mol. The third kappa shape index (κ3) is 3.13. The molecule has 0 radical (unpaired) electrons. The van der Waals surface area contributed by atoms with Crippen molar-refractivity contribution in [2.45, 2.75) is 12.8 Å². The van der Waals surface area contributed by atoms with Gasteiger partial charge in [-0.15, -0.1) is 0 Å². The lowest BCUT2D eigenvalue weighted by Gasteiger charge is -1.96. The summed E-state index contributed by atoms with van der Waals surface area (Å²) < 4.78 is 22.3. The van der Waals surface area contributed by atoms with Crippen LogP contribution >= 0.6 is 0 Å². The Kier molecular flexibility index (Phi) is 3.66. The maximum absolute atomic E-state index is 13.0. The lowest BCUT2D eigenvalue weighted by atomic mass is 10.1. The summed E-state index contributed by atoms with van der Waals surface area (Å²) in [7, 11) is 1.28. The molecule has 5 nitrogen and oxygen atoms in total. The maximum atomic E-state index is 13.0. The minimum atomic E-state index is -0.448. The maximum Gasteiger partial charge on any atom is 0.315 e. The van der Waals surface area contributed by atoms with E-state index in [2.05, 4.69) is 14.9 Å². The number of methoxy groups -OCH3 is 1. The first kappa shape index (κ1) is 12.2. The molecular formula is C12H11FN2O3. The van der Waals surface area contributed by atoms with Gasteiger partial charge in [0.05, 0.1) is 7.11 Å². The van der Waals surface area contributed by atoms with Gasteiger partial charge in [0.2, 0.25) is 5.89 Å². The highest BCUT2D eigenvalue weighted by atomic mass is 19.1. The summed E-state index contributed by atoms with van der Waals surface area (Å²) in [6.45, 7) is 0. The Morgan fingerprint density at radius 1 is 1.50 bits per heavy atom. The molecule has 0 amide bonds. The second kappa shape index (κ2) is 5.39. The Balaban J connectivity index is 2.04. The summed E-state index contributed by atoms with van der Waals surface area (Å²) in [5.41, 5.74) is 0.736. The third-order valence-corrected chi connectivity index (χ3v) is 2.28. The van der Waals surface area contributed by atoms with Gasteiger partial charge in [0.25, 0.3) is 0 Å². The number of benzene rings is 1. The fraction of sp³-hybridized carbons (Fsp3) is 0.250. The summed E-state index contributed by atoms with van der Waals surface area (Å²) in [5.74, 6) is -0.172. The van der Waals surface area contributed by atoms with Gasteiger partial charge in [-0.2, -0.15) is 4.98 Å². The van der Waals surface area contributed by atoms with E-state index in [4.69, 9.17) is 4.52 Å². The molecule has 1 aromatic heterocycles. The highest BCUT2D eigenvalue weighted by Gasteiger charge is 2.11. The predicted molar refractivity (Wildman–Crippen MR) is 59.2 cm³/mol. The zero-order valence-corrected chi connectivity index (χ0v) is 9.72. The van der Waals surface area contributed by atoms with Crippen LogP contribution in [0.2, 0.25) is 0 Å². The number of rotatable bonds is 4. The minimum absolute atomic E-state index is 0.0628. The van der Waals surface area contributed by atoms with Crippen molar-refractivity contribution in [1.29, 1.82) is 0 Å². The molecule has 1 aromatic carbocycles. The number of carbonyl (C=O) groups is 1. The van der Waals surface area contributed by atoms with Crippen LogP contribution < -0.4 is 0 Å². The van der Waals surface area contributed by atoms with Crippen LogP contribution in [0.15, 0.2) is 28.8 Å². The summed E-state index contributed by atoms with van der Waals surface area (Å²) in [5, 5.41) is 3.71. The van der Waals surface area contributed by atoms with Crippen LogP contribution in [0, 0.1) is 5.82 Å². The molecule has 0 fully saturated rings. The minimum Gasteiger partial charge on any atom is -0.469 e. The Morgan fingerprint density at radius 3 is 3.06 bits per heavy atom. The SMILES string of the molecule is COC(=O)Cc1nc(Cc2cccc(F)c2)no1. The van der Waals surface area contributed by atoms with Crippen molar-refractivity contribution in [1.82, 2.24) is 10.1 Å². The van der Waals surface area contributed by atoms with E-state index in [9.17, 15) is 9.18 Å². The molecule has 0 aliphatic rings. The van der Waals surface area contributed by atoms with E-state index < -0.39 is 5.97 Å². The molecule has 0 saturated carbocycles. The quantitative estimate of drug-likeness (QED) is 0.769. The third-order valence-electron chi connectivity index (χ3n) is 2.28. The number of aromatic nitrogens is 2. The van der Waals surface area contributed by atoms with Crippen molar-refractivity contribution in [2.75, 3.05) is 7.11 Å². The number of hydrogen-bond donors (Lipinski definition) is 0. The lowest BCUT2D eigenvalue weighted by Crippen LogP contribution is -2.04. The molecule has 2 rings (SSSR count). The van der Waals surface area contributed by atoms with Gasteiger partial charge in [0.15, 0.2) is 5.82 Å². The molecule has 0 saturated heterocycles. The van der Waals surface area contributed by atoms with E-state index in [0.29, 0.717) is 12.2 Å². The molecule has 0 unspecified atom stereocenters. The van der Waals surface area contributed by atoms with E-state index in [0.717, 1.165) is 5.56 Å². The first-order chi connectivity index (χ1) is 8.67. The van der Waals surface area contributed by atoms with Gasteiger partial charge >= 0.3 is 5.97 Å². The van der Waals surface area contributed by atoms with Gasteiger partial charge in [0, 0.05) is 6.42 Å². The molecule has 18 heavy (non-hydrogen) atoms. The second-order valence-electron chi connectivity index (χ2n) is 3.66. The molecule has 1 heterocycles. The van der Waals surface area contributed by atoms with Crippen molar-refractivity contribution >= 4 is 5.97 Å². The first-order valence-electron chi connectivity index (χ1n) is 5.30. The summed E-state index contributed by atoms with van der Waals surface area (Å²) >= 11 is 0. The summed E-state index contributed by atoms with van der Waals surface area (Å²) in [4.78, 5) is 15.0. The van der Waals surface area contributed by atoms with Crippen LogP contribution in [0.25, 0.3) is 0 Å². The number of ether oxygens (including phenoxy) is 1. The zero-order chi connectivity index (χ0) is 13.0. The average molecular weight is 250 g/mol. The van der Waals surface area contributed by atoms with Crippen LogP contribution in [0.4, 0.5) is 4.39 Å². The topological polar surface area (TPSA) is 65.2 Å². The number of esters is 1. The van der Waals surface area contributed by atoms with Crippen LogP contribution in [0.3, 0.4) is 0 Å². The molecule has 6 heteroatoms. The number of hydrogen-bond acceptors (Lipinski definition) is 5. The second-order valence-corrected chi connectivity index (χ2v) is 3.66. The van der Waals surface area contributed by atoms with Crippen molar-refractivity contribution in [3.63, 3.8) is 0 Å². The lowest BCUT2D eigenvalue weighted by molar-refractivity contribution is -0.140. The smallest absolute Gasteiger partial charge is 0.315 e. The van der Waals surface area contributed by atoms with Crippen molar-refractivity contribution in [3.05, 3.63) is 47.4 Å². The Hall–Kier alpha value is -2.24. The Morgan fingerprint density at radius 2 is 2.33 bits per heavy atom. The molecular weight excluding hydrogens is 239 g/mol. The van der Waals surface area contributed by atoms with Gasteiger partial charge in [-0.25, -0.2) is 4.39 Å². The molecule has 2 aromatic rings. The molecule has 0 aliphatic carbocycles. The normalized spacial score (nSPS) is 10.3. The standard InChI is InChI=1S/C12H11FN2O3/c1-17-12(16)7-11-14-10(15-18-11)6-8-3-2-4-9(13)5-8/h2-5H,6-7H2,1H3. The van der Waals surface area contributed by atoms with Crippen LogP contribution in [-0.4, -0.2) is 23.2 Å². The Bertz CT molecular complexity index is 554. The molecule has 0 aliphatic heterocycles. The van der Waals surface area contributed by atoms with E-state index >= 15 is 0 Å². The van der Waals surface area contributed by atoms with Crippen molar-refractivity contribution in [2.24, 2.45) is 0 Å². The number of carbonyl (C=O) groups excluding carboxylic acids is 1. The van der Waals surface area contributed by atoms with Crippen LogP contribution in [0.1, 0.15) is 17.3 Å². The van der Waals surface area contributed by atoms with E-state index in [1.165, 1.54) is 19.2 Å². The van der Waals surface area contributed by atoms with Crippen LogP contribution in [0.5, 0.6) is 0 Å². The number of nitrogens with zero attached hydrogens (tertiary/aromatic N) is 2. The molecule has 0 N–H and O–H groups in total. The van der Waals surface area contributed by atoms with Crippen LogP contribution in [-0.2, 0) is 22.4 Å². The Labute approximate surface area is 103 Å². The van der Waals surface area contributed by atoms with Gasteiger partial charge < -0.3 is 9.26 Å². The van der Waals surface area contributed by atoms with E-state index in [1.54, 1.807) is 12.1 Å². The van der Waals surface area contributed by atoms with Crippen molar-refractivity contribution < 1.29 is 18.4 Å². The largest absolute Gasteiger partial charge is 0.469 e. The molecule has 0 bridgehead atoms. The molecule has 0 spiro atoms. The molecule has 0 atom stereocenters. The highest BCUT2D eigenvalue weighted by molar-refractivity contribution is 5.71. The van der Waals surface area contributed by atoms with Gasteiger partial charge in [-0.05, 0) is 17.7 Å². The van der Waals surface area contributed by atoms with Gasteiger partial charge in [-0.1, -0.05) is 17.3 Å². The fourth-order valence-corrected chi connectivity index (χ4v) is 1.46.